The van der Waals surface area contributed by atoms with Gasteiger partial charge in [-0.15, -0.1) is 0 Å². The quantitative estimate of drug-likeness (QED) is 0.626. The minimum Gasteiger partial charge on any atom is -0.422 e. The first-order chi connectivity index (χ1) is 5.43. The van der Waals surface area contributed by atoms with Gasteiger partial charge in [0, 0.05) is 5.22 Å². The van der Waals surface area contributed by atoms with Gasteiger partial charge in [-0.25, -0.2) is 0 Å². The molecule has 12 heavy (non-hydrogen) atoms. The van der Waals surface area contributed by atoms with Gasteiger partial charge in [0.2, 0.25) is 0 Å². The molecule has 0 aliphatic rings. The van der Waals surface area contributed by atoms with Crippen molar-refractivity contribution in [3.63, 3.8) is 0 Å². The maximum atomic E-state index is 6.09. The molecule has 0 saturated carbocycles. The zero-order chi connectivity index (χ0) is 9.83. The summed E-state index contributed by atoms with van der Waals surface area (Å²) in [6.07, 6.45) is 2.39. The molecule has 0 spiro atoms. The molecule has 0 aromatic carbocycles. The zero-order valence-corrected chi connectivity index (χ0v) is 11.9. The lowest BCUT2D eigenvalue weighted by Gasteiger charge is -2.43. The van der Waals surface area contributed by atoms with Gasteiger partial charge in [-0.3, -0.25) is 0 Å². The third-order valence-electron chi connectivity index (χ3n) is 2.93. The average molecular weight is 204 g/mol. The van der Waals surface area contributed by atoms with Crippen LogP contribution in [-0.2, 0) is 4.43 Å². The molecule has 0 amide bonds. The van der Waals surface area contributed by atoms with Gasteiger partial charge in [0.25, 0.3) is 0 Å². The lowest BCUT2D eigenvalue weighted by Crippen LogP contribution is -2.53. The highest BCUT2D eigenvalue weighted by Gasteiger charge is 2.40. The summed E-state index contributed by atoms with van der Waals surface area (Å²) >= 11 is 0. The molecule has 0 N–H and O–H groups in total. The summed E-state index contributed by atoms with van der Waals surface area (Å²) < 4.78 is 6.09. The van der Waals surface area contributed by atoms with Crippen molar-refractivity contribution in [1.29, 1.82) is 0 Å². The van der Waals surface area contributed by atoms with Gasteiger partial charge in [-0.2, -0.15) is 0 Å². The van der Waals surface area contributed by atoms with E-state index in [0.29, 0.717) is 0 Å². The average Bonchev–Trinajstić information content (AvgIpc) is 1.98. The fourth-order valence-electron chi connectivity index (χ4n) is 2.01. The van der Waals surface area contributed by atoms with Crippen LogP contribution < -0.4 is 0 Å². The van der Waals surface area contributed by atoms with Crippen LogP contribution in [0.1, 0.15) is 26.7 Å². The SMILES string of the molecule is CCC(CC)(O[SiH2]C)[Si](C)(C)C. The van der Waals surface area contributed by atoms with Crippen molar-refractivity contribution >= 4 is 17.8 Å². The van der Waals surface area contributed by atoms with Crippen molar-refractivity contribution in [2.45, 2.75) is 58.1 Å². The Labute approximate surface area is 80.9 Å². The summed E-state index contributed by atoms with van der Waals surface area (Å²) in [5.41, 5.74) is 0. The monoisotopic (exact) mass is 204 g/mol. The van der Waals surface area contributed by atoms with Crippen LogP contribution in [0, 0.1) is 0 Å². The van der Waals surface area contributed by atoms with E-state index in [1.807, 2.05) is 0 Å². The van der Waals surface area contributed by atoms with E-state index in [1.165, 1.54) is 12.8 Å². The summed E-state index contributed by atoms with van der Waals surface area (Å²) in [6.45, 7) is 14.0. The molecule has 0 bridgehead atoms. The Morgan fingerprint density at radius 2 is 1.58 bits per heavy atom. The van der Waals surface area contributed by atoms with Crippen molar-refractivity contribution in [3.05, 3.63) is 0 Å². The molecular formula is C9H24OSi2. The number of rotatable bonds is 5. The van der Waals surface area contributed by atoms with E-state index in [9.17, 15) is 0 Å². The molecule has 0 aliphatic heterocycles. The van der Waals surface area contributed by atoms with Crippen molar-refractivity contribution < 1.29 is 4.43 Å². The minimum absolute atomic E-state index is 0.257. The van der Waals surface area contributed by atoms with E-state index in [4.69, 9.17) is 4.43 Å². The van der Waals surface area contributed by atoms with E-state index < -0.39 is 8.07 Å². The second-order valence-electron chi connectivity index (χ2n) is 4.38. The van der Waals surface area contributed by atoms with Crippen molar-refractivity contribution in [3.8, 4) is 0 Å². The van der Waals surface area contributed by atoms with Crippen LogP contribution in [0.5, 0.6) is 0 Å². The van der Waals surface area contributed by atoms with Crippen molar-refractivity contribution in [2.24, 2.45) is 0 Å². The summed E-state index contributed by atoms with van der Waals surface area (Å²) in [5.74, 6) is 0. The molecule has 0 aliphatic carbocycles. The summed E-state index contributed by atoms with van der Waals surface area (Å²) in [6, 6.07) is 0. The van der Waals surface area contributed by atoms with Crippen LogP contribution in [0.25, 0.3) is 0 Å². The normalized spacial score (nSPS) is 14.5. The van der Waals surface area contributed by atoms with Gasteiger partial charge < -0.3 is 4.43 Å². The first-order valence-electron chi connectivity index (χ1n) is 5.07. The lowest BCUT2D eigenvalue weighted by atomic mass is 10.2. The van der Waals surface area contributed by atoms with Gasteiger partial charge in [-0.05, 0) is 12.8 Å². The fraction of sp³-hybridized carbons (Fsp3) is 1.00. The van der Waals surface area contributed by atoms with Gasteiger partial charge >= 0.3 is 0 Å². The first-order valence-corrected chi connectivity index (χ1v) is 10.6. The van der Waals surface area contributed by atoms with Crippen LogP contribution in [0.3, 0.4) is 0 Å². The zero-order valence-electron chi connectivity index (χ0n) is 9.53. The maximum Gasteiger partial charge on any atom is 0.158 e. The van der Waals surface area contributed by atoms with Crippen LogP contribution >= 0.6 is 0 Å². The maximum absolute atomic E-state index is 6.09. The minimum atomic E-state index is -1.15. The predicted molar refractivity (Wildman–Crippen MR) is 62.2 cm³/mol. The molecule has 0 fully saturated rings. The molecule has 0 unspecified atom stereocenters. The van der Waals surface area contributed by atoms with Gasteiger partial charge in [0.05, 0.1) is 8.07 Å². The number of hydrogen-bond donors (Lipinski definition) is 0. The van der Waals surface area contributed by atoms with Crippen LogP contribution in [0.4, 0.5) is 0 Å². The Morgan fingerprint density at radius 1 is 1.17 bits per heavy atom. The van der Waals surface area contributed by atoms with E-state index in [-0.39, 0.29) is 15.0 Å². The van der Waals surface area contributed by atoms with Crippen molar-refractivity contribution in [2.75, 3.05) is 0 Å². The predicted octanol–water partition coefficient (Wildman–Crippen LogP) is 2.57. The topological polar surface area (TPSA) is 9.23 Å². The van der Waals surface area contributed by atoms with E-state index in [1.54, 1.807) is 0 Å². The molecule has 0 radical (unpaired) electrons. The lowest BCUT2D eigenvalue weighted by molar-refractivity contribution is 0.143. The Hall–Kier alpha value is 0.394. The van der Waals surface area contributed by atoms with Crippen LogP contribution in [0.15, 0.2) is 0 Å². The first kappa shape index (κ1) is 12.4. The molecule has 0 heterocycles. The summed E-state index contributed by atoms with van der Waals surface area (Å²) in [5, 5.41) is 0.272. The molecule has 3 heteroatoms. The third-order valence-corrected chi connectivity index (χ3v) is 7.64. The number of hydrogen-bond acceptors (Lipinski definition) is 1. The Kier molecular flexibility index (Phi) is 4.73. The fourth-order valence-corrected chi connectivity index (χ4v) is 7.25. The Morgan fingerprint density at radius 3 is 1.67 bits per heavy atom. The van der Waals surface area contributed by atoms with Gasteiger partial charge in [0.15, 0.2) is 9.76 Å². The highest BCUT2D eigenvalue weighted by molar-refractivity contribution is 6.79. The smallest absolute Gasteiger partial charge is 0.158 e. The van der Waals surface area contributed by atoms with Crippen LogP contribution in [0.2, 0.25) is 26.2 Å². The molecule has 0 aromatic rings. The Balaban J connectivity index is 4.57. The van der Waals surface area contributed by atoms with Crippen molar-refractivity contribution in [1.82, 2.24) is 0 Å². The second-order valence-corrected chi connectivity index (χ2v) is 10.7. The molecule has 1 nitrogen and oxygen atoms in total. The summed E-state index contributed by atoms with van der Waals surface area (Å²) in [4.78, 5) is 0. The third kappa shape index (κ3) is 2.44. The molecule has 0 rings (SSSR count). The molecule has 0 saturated heterocycles. The summed E-state index contributed by atoms with van der Waals surface area (Å²) in [7, 11) is -1.40. The van der Waals surface area contributed by atoms with E-state index in [2.05, 4.69) is 40.0 Å². The second kappa shape index (κ2) is 4.58. The van der Waals surface area contributed by atoms with E-state index in [0.717, 1.165) is 0 Å². The van der Waals surface area contributed by atoms with E-state index >= 15 is 0 Å². The highest BCUT2D eigenvalue weighted by Crippen LogP contribution is 2.31. The van der Waals surface area contributed by atoms with Gasteiger partial charge in [-0.1, -0.05) is 40.0 Å². The standard InChI is InChI=1S/C9H24OSi2/c1-7-9(8-2,10-11-3)12(4,5)6/h7-8,11H2,1-6H3. The molecule has 74 valence electrons. The van der Waals surface area contributed by atoms with Gasteiger partial charge in [0.1, 0.15) is 0 Å². The molecular weight excluding hydrogens is 180 g/mol. The van der Waals surface area contributed by atoms with Crippen LogP contribution in [-0.4, -0.2) is 23.1 Å². The largest absolute Gasteiger partial charge is 0.422 e. The molecule has 0 aromatic heterocycles. The Bertz CT molecular complexity index is 125. The highest BCUT2D eigenvalue weighted by atomic mass is 28.3. The molecule has 0 atom stereocenters.